The van der Waals surface area contributed by atoms with E-state index in [1.54, 1.807) is 12.3 Å². The second kappa shape index (κ2) is 3.34. The number of nitrogens with zero attached hydrogens (tertiary/aromatic N) is 1. The quantitative estimate of drug-likeness (QED) is 0.625. The molecule has 2 N–H and O–H groups in total. The Labute approximate surface area is 76.1 Å². The molecule has 54 valence electrons. The Bertz CT molecular complexity index is 237. The fraction of sp³-hybridized carbons (Fsp3) is 0.167. The van der Waals surface area contributed by atoms with E-state index in [0.717, 1.165) is 21.2 Å². The zero-order chi connectivity index (χ0) is 7.56. The molecule has 0 aromatic carbocycles. The molecular weight excluding hydrogens is 260 g/mol. The summed E-state index contributed by atoms with van der Waals surface area (Å²) in [5.74, 6) is 0. The van der Waals surface area contributed by atoms with Crippen molar-refractivity contribution in [1.82, 2.24) is 4.98 Å². The molecule has 0 saturated heterocycles. The maximum atomic E-state index is 5.63. The number of hydrogen-bond acceptors (Lipinski definition) is 2. The molecule has 0 unspecified atom stereocenters. The maximum absolute atomic E-state index is 5.63. The highest BCUT2D eigenvalue weighted by atomic mass is 79.9. The smallest absolute Gasteiger partial charge is 0.108 e. The number of nitrogens with two attached hydrogens (primary N) is 1. The van der Waals surface area contributed by atoms with Crippen molar-refractivity contribution >= 4 is 37.5 Å². The molecule has 0 radical (unpaired) electrons. The minimum atomic E-state index is 0.749. The number of aromatic nitrogens is 1. The topological polar surface area (TPSA) is 38.9 Å². The second-order valence-corrected chi connectivity index (χ2v) is 3.21. The summed E-state index contributed by atoms with van der Waals surface area (Å²) in [7, 11) is 0. The lowest BCUT2D eigenvalue weighted by molar-refractivity contribution is 1.23. The summed E-state index contributed by atoms with van der Waals surface area (Å²) in [6, 6.07) is 1.79. The molecule has 10 heavy (non-hydrogen) atoms. The van der Waals surface area contributed by atoms with Crippen LogP contribution < -0.4 is 5.73 Å². The van der Waals surface area contributed by atoms with Gasteiger partial charge in [-0.3, -0.25) is 0 Å². The molecule has 0 spiro atoms. The van der Waals surface area contributed by atoms with E-state index in [4.69, 9.17) is 5.73 Å². The van der Waals surface area contributed by atoms with Gasteiger partial charge in [-0.2, -0.15) is 0 Å². The third-order valence-electron chi connectivity index (χ3n) is 1.13. The predicted octanol–water partition coefficient (Wildman–Crippen LogP) is 2.32. The molecule has 0 aliphatic carbocycles. The lowest BCUT2D eigenvalue weighted by Crippen LogP contribution is -1.92. The summed E-state index contributed by atoms with van der Waals surface area (Å²) in [5, 5.41) is 0.749. The first-order valence-electron chi connectivity index (χ1n) is 2.70. The zero-order valence-corrected chi connectivity index (χ0v) is 8.31. The summed E-state index contributed by atoms with van der Waals surface area (Å²) in [4.78, 5) is 4.02. The van der Waals surface area contributed by atoms with E-state index in [2.05, 4.69) is 36.8 Å². The number of rotatable bonds is 1. The standard InChI is InChI=1S/C6H6Br2N2/c7-2-4-3-10-6(8)1-5(4)9/h1,3H,2H2,(H2,9,10). The maximum Gasteiger partial charge on any atom is 0.108 e. The van der Waals surface area contributed by atoms with E-state index in [1.807, 2.05) is 0 Å². The molecule has 0 fully saturated rings. The van der Waals surface area contributed by atoms with E-state index in [-0.39, 0.29) is 0 Å². The molecule has 0 saturated carbocycles. The summed E-state index contributed by atoms with van der Waals surface area (Å²) < 4.78 is 0.773. The summed E-state index contributed by atoms with van der Waals surface area (Å²) >= 11 is 6.52. The van der Waals surface area contributed by atoms with Crippen molar-refractivity contribution in [3.8, 4) is 0 Å². The minimum Gasteiger partial charge on any atom is -0.398 e. The summed E-state index contributed by atoms with van der Waals surface area (Å²) in [5.41, 5.74) is 7.41. The third-order valence-corrected chi connectivity index (χ3v) is 2.17. The van der Waals surface area contributed by atoms with Gasteiger partial charge in [-0.1, -0.05) is 15.9 Å². The number of pyridine rings is 1. The Balaban J connectivity index is 3.07. The van der Waals surface area contributed by atoms with Crippen molar-refractivity contribution in [2.24, 2.45) is 0 Å². The second-order valence-electron chi connectivity index (χ2n) is 1.84. The van der Waals surface area contributed by atoms with E-state index >= 15 is 0 Å². The van der Waals surface area contributed by atoms with Crippen LogP contribution in [0.2, 0.25) is 0 Å². The fourth-order valence-corrected chi connectivity index (χ4v) is 1.40. The Morgan fingerprint density at radius 1 is 1.60 bits per heavy atom. The third kappa shape index (κ3) is 1.70. The molecule has 0 amide bonds. The lowest BCUT2D eigenvalue weighted by atomic mass is 10.3. The first kappa shape index (κ1) is 8.01. The molecule has 0 bridgehead atoms. The first-order valence-corrected chi connectivity index (χ1v) is 4.61. The lowest BCUT2D eigenvalue weighted by Gasteiger charge is -1.99. The average molecular weight is 266 g/mol. The highest BCUT2D eigenvalue weighted by molar-refractivity contribution is 9.10. The van der Waals surface area contributed by atoms with Crippen LogP contribution in [-0.2, 0) is 5.33 Å². The highest BCUT2D eigenvalue weighted by Crippen LogP contribution is 2.17. The van der Waals surface area contributed by atoms with Crippen molar-refractivity contribution in [2.75, 3.05) is 5.73 Å². The SMILES string of the molecule is Nc1cc(Br)ncc1CBr. The molecule has 2 nitrogen and oxygen atoms in total. The molecule has 1 heterocycles. The molecule has 4 heteroatoms. The van der Waals surface area contributed by atoms with Crippen molar-refractivity contribution in [3.63, 3.8) is 0 Å². The minimum absolute atomic E-state index is 0.749. The van der Waals surface area contributed by atoms with Gasteiger partial charge in [-0.15, -0.1) is 0 Å². The van der Waals surface area contributed by atoms with Crippen LogP contribution in [0.15, 0.2) is 16.9 Å². The van der Waals surface area contributed by atoms with Gasteiger partial charge in [0.1, 0.15) is 4.60 Å². The van der Waals surface area contributed by atoms with Crippen LogP contribution in [0.1, 0.15) is 5.56 Å². The molecule has 0 aliphatic rings. The van der Waals surface area contributed by atoms with Crippen molar-refractivity contribution < 1.29 is 0 Å². The molecule has 0 aliphatic heterocycles. The number of halogens is 2. The van der Waals surface area contributed by atoms with Crippen molar-refractivity contribution in [2.45, 2.75) is 5.33 Å². The van der Waals surface area contributed by atoms with Crippen LogP contribution in [0.3, 0.4) is 0 Å². The molecule has 1 aromatic heterocycles. The number of nitrogen functional groups attached to an aromatic ring is 1. The van der Waals surface area contributed by atoms with E-state index < -0.39 is 0 Å². The highest BCUT2D eigenvalue weighted by Gasteiger charge is 1.97. The van der Waals surface area contributed by atoms with Crippen LogP contribution in [0, 0.1) is 0 Å². The number of anilines is 1. The Morgan fingerprint density at radius 2 is 2.30 bits per heavy atom. The van der Waals surface area contributed by atoms with Crippen LogP contribution in [0.25, 0.3) is 0 Å². The molecular formula is C6H6Br2N2. The van der Waals surface area contributed by atoms with E-state index in [0.29, 0.717) is 0 Å². The van der Waals surface area contributed by atoms with Gasteiger partial charge in [-0.25, -0.2) is 4.98 Å². The Hall–Kier alpha value is -0.0900. The van der Waals surface area contributed by atoms with Gasteiger partial charge >= 0.3 is 0 Å². The first-order chi connectivity index (χ1) is 4.74. The van der Waals surface area contributed by atoms with Gasteiger partial charge in [-0.05, 0) is 22.0 Å². The van der Waals surface area contributed by atoms with Crippen molar-refractivity contribution in [3.05, 3.63) is 22.4 Å². The number of alkyl halides is 1. The largest absolute Gasteiger partial charge is 0.398 e. The van der Waals surface area contributed by atoms with Gasteiger partial charge in [0.05, 0.1) is 0 Å². The van der Waals surface area contributed by atoms with Gasteiger partial charge in [0.2, 0.25) is 0 Å². The van der Waals surface area contributed by atoms with Gasteiger partial charge in [0.15, 0.2) is 0 Å². The normalized spacial score (nSPS) is 9.80. The van der Waals surface area contributed by atoms with Gasteiger partial charge < -0.3 is 5.73 Å². The number of hydrogen-bond donors (Lipinski definition) is 1. The van der Waals surface area contributed by atoms with Gasteiger partial charge in [0.25, 0.3) is 0 Å². The Kier molecular flexibility index (Phi) is 2.68. The summed E-state index contributed by atoms with van der Waals surface area (Å²) in [6.45, 7) is 0. The molecule has 0 atom stereocenters. The molecule has 1 rings (SSSR count). The van der Waals surface area contributed by atoms with Crippen LogP contribution >= 0.6 is 31.9 Å². The van der Waals surface area contributed by atoms with Crippen LogP contribution in [0.5, 0.6) is 0 Å². The fourth-order valence-electron chi connectivity index (χ4n) is 0.584. The van der Waals surface area contributed by atoms with Crippen LogP contribution in [0.4, 0.5) is 5.69 Å². The monoisotopic (exact) mass is 264 g/mol. The zero-order valence-electron chi connectivity index (χ0n) is 5.14. The van der Waals surface area contributed by atoms with Crippen LogP contribution in [-0.4, -0.2) is 4.98 Å². The predicted molar refractivity (Wildman–Crippen MR) is 49.0 cm³/mol. The van der Waals surface area contributed by atoms with E-state index in [9.17, 15) is 0 Å². The average Bonchev–Trinajstić information content (AvgIpc) is 1.88. The summed E-state index contributed by atoms with van der Waals surface area (Å²) in [6.07, 6.45) is 1.74. The molecule has 1 aromatic rings. The van der Waals surface area contributed by atoms with Gasteiger partial charge in [0, 0.05) is 22.8 Å². The van der Waals surface area contributed by atoms with E-state index in [1.165, 1.54) is 0 Å². The van der Waals surface area contributed by atoms with Crippen molar-refractivity contribution in [1.29, 1.82) is 0 Å². The Morgan fingerprint density at radius 3 is 2.80 bits per heavy atom.